The van der Waals surface area contributed by atoms with Crippen LogP contribution in [0.4, 0.5) is 13.2 Å². The largest absolute Gasteiger partial charge is 0.433 e. The van der Waals surface area contributed by atoms with Gasteiger partial charge in [-0.25, -0.2) is 0 Å². The monoisotopic (exact) mass is 301 g/mol. The zero-order valence-electron chi connectivity index (χ0n) is 10.8. The summed E-state index contributed by atoms with van der Waals surface area (Å²) in [6.07, 6.45) is -3.83. The number of imide groups is 1. The molecule has 1 atom stereocenters. The van der Waals surface area contributed by atoms with Gasteiger partial charge >= 0.3 is 6.18 Å². The van der Waals surface area contributed by atoms with Crippen molar-refractivity contribution in [3.8, 4) is 0 Å². The van der Waals surface area contributed by atoms with E-state index in [0.29, 0.717) is 6.07 Å². The van der Waals surface area contributed by atoms with Crippen LogP contribution in [-0.2, 0) is 15.8 Å². The number of halogens is 3. The van der Waals surface area contributed by atoms with Gasteiger partial charge in [0, 0.05) is 6.20 Å². The number of nitrogens with one attached hydrogen (secondary N) is 1. The highest BCUT2D eigenvalue weighted by atomic mass is 19.4. The van der Waals surface area contributed by atoms with Crippen molar-refractivity contribution in [2.45, 2.75) is 19.1 Å². The minimum absolute atomic E-state index is 0.127. The summed E-state index contributed by atoms with van der Waals surface area (Å²) in [5, 5.41) is 2.06. The van der Waals surface area contributed by atoms with E-state index in [1.54, 1.807) is 0 Å². The Hall–Kier alpha value is -2.45. The number of carbonyl (C=O) groups excluding carboxylic acids is 3. The Morgan fingerprint density at radius 2 is 2.05 bits per heavy atom. The molecule has 1 unspecified atom stereocenters. The van der Waals surface area contributed by atoms with Crippen LogP contribution in [0.15, 0.2) is 18.3 Å². The number of aromatic nitrogens is 1. The smallest absolute Gasteiger partial charge is 0.318 e. The second kappa shape index (κ2) is 5.15. The highest BCUT2D eigenvalue weighted by molar-refractivity contribution is 6.06. The second-order valence-corrected chi connectivity index (χ2v) is 4.45. The van der Waals surface area contributed by atoms with Crippen molar-refractivity contribution in [2.75, 3.05) is 6.54 Å². The number of amides is 3. The molecular weight excluding hydrogens is 291 g/mol. The van der Waals surface area contributed by atoms with Gasteiger partial charge in [-0.05, 0) is 19.1 Å². The van der Waals surface area contributed by atoms with Crippen molar-refractivity contribution >= 4 is 17.7 Å². The Kier molecular flexibility index (Phi) is 3.67. The van der Waals surface area contributed by atoms with Crippen LogP contribution in [0.2, 0.25) is 0 Å². The van der Waals surface area contributed by atoms with Crippen LogP contribution in [0.1, 0.15) is 23.0 Å². The molecule has 3 amide bonds. The summed E-state index contributed by atoms with van der Waals surface area (Å²) >= 11 is 0. The highest BCUT2D eigenvalue weighted by Crippen LogP contribution is 2.27. The summed E-state index contributed by atoms with van der Waals surface area (Å²) in [7, 11) is 0. The molecule has 9 heteroatoms. The van der Waals surface area contributed by atoms with E-state index in [2.05, 4.69) is 10.3 Å². The summed E-state index contributed by atoms with van der Waals surface area (Å²) < 4.78 is 37.2. The number of hydrogen-bond acceptors (Lipinski definition) is 4. The highest BCUT2D eigenvalue weighted by Gasteiger charge is 2.35. The molecule has 0 aliphatic carbocycles. The van der Waals surface area contributed by atoms with Crippen LogP contribution in [0.5, 0.6) is 0 Å². The van der Waals surface area contributed by atoms with Crippen LogP contribution in [-0.4, -0.2) is 40.2 Å². The Bertz CT molecular complexity index is 598. The summed E-state index contributed by atoms with van der Waals surface area (Å²) in [5.74, 6) is -2.02. The maximum Gasteiger partial charge on any atom is 0.433 e. The lowest BCUT2D eigenvalue weighted by atomic mass is 10.1. The Morgan fingerprint density at radius 3 is 2.57 bits per heavy atom. The van der Waals surface area contributed by atoms with E-state index in [9.17, 15) is 27.6 Å². The van der Waals surface area contributed by atoms with E-state index in [1.165, 1.54) is 6.92 Å². The molecule has 0 aromatic carbocycles. The Balaban J connectivity index is 2.23. The average Bonchev–Trinajstić information content (AvgIpc) is 2.41. The molecule has 0 saturated carbocycles. The number of hydrogen-bond donors (Lipinski definition) is 1. The van der Waals surface area contributed by atoms with Gasteiger partial charge in [-0.1, -0.05) is 0 Å². The van der Waals surface area contributed by atoms with E-state index in [0.717, 1.165) is 17.2 Å². The lowest BCUT2D eigenvalue weighted by Gasteiger charge is -2.31. The zero-order valence-corrected chi connectivity index (χ0v) is 10.8. The third kappa shape index (κ3) is 3.01. The van der Waals surface area contributed by atoms with Gasteiger partial charge < -0.3 is 4.90 Å². The maximum atomic E-state index is 12.4. The van der Waals surface area contributed by atoms with Crippen LogP contribution in [0, 0.1) is 0 Å². The molecule has 1 aromatic rings. The number of alkyl halides is 3. The van der Waals surface area contributed by atoms with Gasteiger partial charge in [-0.2, -0.15) is 13.2 Å². The first-order valence-electron chi connectivity index (χ1n) is 5.88. The van der Waals surface area contributed by atoms with Crippen LogP contribution in [0.25, 0.3) is 0 Å². The predicted molar refractivity (Wildman–Crippen MR) is 62.9 cm³/mol. The molecular formula is C12H10F3N3O3. The van der Waals surface area contributed by atoms with Crippen molar-refractivity contribution in [1.82, 2.24) is 15.2 Å². The first-order chi connectivity index (χ1) is 9.70. The van der Waals surface area contributed by atoms with E-state index in [4.69, 9.17) is 0 Å². The molecule has 1 aromatic heterocycles. The topological polar surface area (TPSA) is 79.4 Å². The maximum absolute atomic E-state index is 12.4. The standard InChI is InChI=1S/C12H10F3N3O3/c1-6-10(20)17-9(19)5-18(6)11(21)7-2-3-8(16-4-7)12(13,14)15/h2-4,6H,5H2,1H3,(H,17,19,20). The SMILES string of the molecule is CC1C(=O)NC(=O)CN1C(=O)c1ccc(C(F)(F)F)nc1. The molecule has 1 saturated heterocycles. The quantitative estimate of drug-likeness (QED) is 0.770. The fraction of sp³-hybridized carbons (Fsp3) is 0.333. The van der Waals surface area contributed by atoms with E-state index in [-0.39, 0.29) is 12.1 Å². The number of pyridine rings is 1. The first-order valence-corrected chi connectivity index (χ1v) is 5.88. The van der Waals surface area contributed by atoms with Gasteiger partial charge in [0.1, 0.15) is 18.3 Å². The minimum Gasteiger partial charge on any atom is -0.318 e. The molecule has 1 fully saturated rings. The van der Waals surface area contributed by atoms with E-state index >= 15 is 0 Å². The van der Waals surface area contributed by atoms with Gasteiger partial charge in [-0.3, -0.25) is 24.7 Å². The third-order valence-electron chi connectivity index (χ3n) is 2.99. The van der Waals surface area contributed by atoms with Crippen molar-refractivity contribution in [1.29, 1.82) is 0 Å². The molecule has 2 rings (SSSR count). The second-order valence-electron chi connectivity index (χ2n) is 4.45. The fourth-order valence-electron chi connectivity index (χ4n) is 1.82. The van der Waals surface area contributed by atoms with Gasteiger partial charge in [-0.15, -0.1) is 0 Å². The summed E-state index contributed by atoms with van der Waals surface area (Å²) in [6.45, 7) is 1.07. The Labute approximate surface area is 116 Å². The molecule has 6 nitrogen and oxygen atoms in total. The van der Waals surface area contributed by atoms with Gasteiger partial charge in [0.05, 0.1) is 5.56 Å². The fourth-order valence-corrected chi connectivity index (χ4v) is 1.82. The van der Waals surface area contributed by atoms with Gasteiger partial charge in [0.2, 0.25) is 11.8 Å². The molecule has 1 aliphatic heterocycles. The minimum atomic E-state index is -4.60. The molecule has 0 spiro atoms. The lowest BCUT2D eigenvalue weighted by Crippen LogP contribution is -2.58. The zero-order chi connectivity index (χ0) is 15.8. The number of piperazine rings is 1. The van der Waals surface area contributed by atoms with Gasteiger partial charge in [0.15, 0.2) is 0 Å². The normalized spacial score (nSPS) is 19.4. The van der Waals surface area contributed by atoms with E-state index in [1.807, 2.05) is 0 Å². The van der Waals surface area contributed by atoms with Crippen LogP contribution < -0.4 is 5.32 Å². The van der Waals surface area contributed by atoms with Crippen molar-refractivity contribution in [3.63, 3.8) is 0 Å². The van der Waals surface area contributed by atoms with Crippen LogP contribution >= 0.6 is 0 Å². The van der Waals surface area contributed by atoms with Crippen molar-refractivity contribution < 1.29 is 27.6 Å². The summed E-state index contributed by atoms with van der Waals surface area (Å²) in [5.41, 5.74) is -1.25. The van der Waals surface area contributed by atoms with Crippen molar-refractivity contribution in [2.24, 2.45) is 0 Å². The molecule has 0 bridgehead atoms. The number of nitrogens with zero attached hydrogens (tertiary/aromatic N) is 2. The van der Waals surface area contributed by atoms with Crippen molar-refractivity contribution in [3.05, 3.63) is 29.6 Å². The van der Waals surface area contributed by atoms with E-state index < -0.39 is 35.6 Å². The third-order valence-corrected chi connectivity index (χ3v) is 2.99. The van der Waals surface area contributed by atoms with Crippen LogP contribution in [0.3, 0.4) is 0 Å². The average molecular weight is 301 g/mol. The number of rotatable bonds is 1. The predicted octanol–water partition coefficient (Wildman–Crippen LogP) is 0.587. The molecule has 21 heavy (non-hydrogen) atoms. The van der Waals surface area contributed by atoms with Gasteiger partial charge in [0.25, 0.3) is 5.91 Å². The molecule has 0 radical (unpaired) electrons. The summed E-state index contributed by atoms with van der Waals surface area (Å²) in [4.78, 5) is 39.0. The Morgan fingerprint density at radius 1 is 1.38 bits per heavy atom. The number of carbonyl (C=O) groups is 3. The molecule has 2 heterocycles. The summed E-state index contributed by atoms with van der Waals surface area (Å²) in [6, 6.07) is 0.739. The lowest BCUT2D eigenvalue weighted by molar-refractivity contribution is -0.141. The molecule has 1 aliphatic rings. The molecule has 1 N–H and O–H groups in total. The first kappa shape index (κ1) is 14.9. The molecule has 112 valence electrons.